The summed E-state index contributed by atoms with van der Waals surface area (Å²) in [6.45, 7) is 7.99. The highest BCUT2D eigenvalue weighted by atomic mass is 16.2. The average Bonchev–Trinajstić information content (AvgIpc) is 2.39. The van der Waals surface area contributed by atoms with Crippen LogP contribution >= 0.6 is 0 Å². The molecule has 1 saturated carbocycles. The number of amides is 1. The van der Waals surface area contributed by atoms with Crippen molar-refractivity contribution in [3.05, 3.63) is 0 Å². The summed E-state index contributed by atoms with van der Waals surface area (Å²) in [5, 5.41) is 0. The fourth-order valence-corrected chi connectivity index (χ4v) is 2.78. The van der Waals surface area contributed by atoms with Gasteiger partial charge in [0.25, 0.3) is 0 Å². The Labute approximate surface area is 106 Å². The lowest BCUT2D eigenvalue weighted by Crippen LogP contribution is -2.43. The van der Waals surface area contributed by atoms with E-state index in [-0.39, 0.29) is 5.92 Å². The molecule has 3 nitrogen and oxygen atoms in total. The smallest absolute Gasteiger partial charge is 0.225 e. The van der Waals surface area contributed by atoms with Crippen LogP contribution in [0.2, 0.25) is 0 Å². The zero-order valence-electron chi connectivity index (χ0n) is 11.6. The van der Waals surface area contributed by atoms with Crippen LogP contribution in [0.5, 0.6) is 0 Å². The van der Waals surface area contributed by atoms with Gasteiger partial charge in [-0.25, -0.2) is 0 Å². The van der Waals surface area contributed by atoms with E-state index < -0.39 is 0 Å². The molecule has 1 aliphatic carbocycles. The number of hydrogen-bond donors (Lipinski definition) is 1. The minimum atomic E-state index is 0.256. The van der Waals surface area contributed by atoms with E-state index in [9.17, 15) is 4.79 Å². The fourth-order valence-electron chi connectivity index (χ4n) is 2.78. The lowest BCUT2D eigenvalue weighted by Gasteiger charge is -2.34. The number of hydrogen-bond acceptors (Lipinski definition) is 2. The van der Waals surface area contributed by atoms with Gasteiger partial charge in [-0.3, -0.25) is 4.79 Å². The molecular weight excluding hydrogens is 212 g/mol. The highest BCUT2D eigenvalue weighted by molar-refractivity contribution is 5.79. The molecule has 0 aromatic carbocycles. The molecule has 0 heterocycles. The Morgan fingerprint density at radius 3 is 2.29 bits per heavy atom. The predicted molar refractivity (Wildman–Crippen MR) is 71.6 cm³/mol. The Morgan fingerprint density at radius 1 is 1.29 bits per heavy atom. The summed E-state index contributed by atoms with van der Waals surface area (Å²) in [5.41, 5.74) is 5.69. The Morgan fingerprint density at radius 2 is 1.88 bits per heavy atom. The molecule has 0 aromatic heterocycles. The van der Waals surface area contributed by atoms with E-state index in [0.717, 1.165) is 45.2 Å². The van der Waals surface area contributed by atoms with Gasteiger partial charge in [-0.1, -0.05) is 6.92 Å². The zero-order valence-corrected chi connectivity index (χ0v) is 11.6. The molecule has 0 bridgehead atoms. The molecule has 0 saturated heterocycles. The van der Waals surface area contributed by atoms with Crippen LogP contribution in [0.25, 0.3) is 0 Å². The molecule has 1 aliphatic rings. The SMILES string of the molecule is CCC(C)N(CC)C(=O)C1CCC(CN)CC1. The minimum Gasteiger partial charge on any atom is -0.340 e. The van der Waals surface area contributed by atoms with E-state index >= 15 is 0 Å². The molecule has 100 valence electrons. The van der Waals surface area contributed by atoms with E-state index in [1.807, 2.05) is 4.90 Å². The Bertz CT molecular complexity index is 234. The van der Waals surface area contributed by atoms with E-state index in [1.165, 1.54) is 0 Å². The van der Waals surface area contributed by atoms with Crippen LogP contribution < -0.4 is 5.73 Å². The lowest BCUT2D eigenvalue weighted by molar-refractivity contribution is -0.138. The number of rotatable bonds is 5. The quantitative estimate of drug-likeness (QED) is 0.802. The van der Waals surface area contributed by atoms with Gasteiger partial charge in [0.05, 0.1) is 0 Å². The van der Waals surface area contributed by atoms with Gasteiger partial charge in [-0.2, -0.15) is 0 Å². The first-order chi connectivity index (χ1) is 8.13. The summed E-state index contributed by atoms with van der Waals surface area (Å²) >= 11 is 0. The molecule has 1 atom stereocenters. The van der Waals surface area contributed by atoms with E-state index in [1.54, 1.807) is 0 Å². The number of nitrogens with zero attached hydrogens (tertiary/aromatic N) is 1. The van der Waals surface area contributed by atoms with Gasteiger partial charge in [-0.15, -0.1) is 0 Å². The Kier molecular flexibility index (Phi) is 5.96. The second-order valence-corrected chi connectivity index (χ2v) is 5.33. The lowest BCUT2D eigenvalue weighted by atomic mass is 9.81. The van der Waals surface area contributed by atoms with Gasteiger partial charge < -0.3 is 10.6 Å². The van der Waals surface area contributed by atoms with Gasteiger partial charge in [0.1, 0.15) is 0 Å². The molecule has 0 spiro atoms. The zero-order chi connectivity index (χ0) is 12.8. The fraction of sp³-hybridized carbons (Fsp3) is 0.929. The molecule has 17 heavy (non-hydrogen) atoms. The first-order valence-electron chi connectivity index (χ1n) is 7.14. The number of carbonyl (C=O) groups is 1. The molecule has 0 aromatic rings. The van der Waals surface area contributed by atoms with Gasteiger partial charge in [0.2, 0.25) is 5.91 Å². The third-order valence-electron chi connectivity index (χ3n) is 4.28. The van der Waals surface area contributed by atoms with Gasteiger partial charge in [0.15, 0.2) is 0 Å². The molecule has 2 N–H and O–H groups in total. The third-order valence-corrected chi connectivity index (χ3v) is 4.28. The summed E-state index contributed by atoms with van der Waals surface area (Å²) in [5.74, 6) is 1.28. The minimum absolute atomic E-state index is 0.256. The first kappa shape index (κ1) is 14.5. The van der Waals surface area contributed by atoms with E-state index in [4.69, 9.17) is 5.73 Å². The van der Waals surface area contributed by atoms with Crippen LogP contribution in [0, 0.1) is 11.8 Å². The van der Waals surface area contributed by atoms with E-state index in [0.29, 0.717) is 17.9 Å². The van der Waals surface area contributed by atoms with Crippen molar-refractivity contribution >= 4 is 5.91 Å². The summed E-state index contributed by atoms with van der Waals surface area (Å²) in [7, 11) is 0. The second-order valence-electron chi connectivity index (χ2n) is 5.33. The number of nitrogens with two attached hydrogens (primary N) is 1. The summed E-state index contributed by atoms with van der Waals surface area (Å²) in [4.78, 5) is 14.5. The van der Waals surface area contributed by atoms with Crippen molar-refractivity contribution < 1.29 is 4.79 Å². The highest BCUT2D eigenvalue weighted by Crippen LogP contribution is 2.30. The molecular formula is C14H28N2O. The molecule has 0 radical (unpaired) electrons. The standard InChI is InChI=1S/C14H28N2O/c1-4-11(3)16(5-2)14(17)13-8-6-12(10-15)7-9-13/h11-13H,4-10,15H2,1-3H3. The van der Waals surface area contributed by atoms with Crippen LogP contribution in [0.4, 0.5) is 0 Å². The van der Waals surface area contributed by atoms with Crippen molar-refractivity contribution in [1.82, 2.24) is 4.90 Å². The monoisotopic (exact) mass is 240 g/mol. The topological polar surface area (TPSA) is 46.3 Å². The van der Waals surface area contributed by atoms with Gasteiger partial charge >= 0.3 is 0 Å². The molecule has 1 unspecified atom stereocenters. The summed E-state index contributed by atoms with van der Waals surface area (Å²) in [6, 6.07) is 0.375. The van der Waals surface area contributed by atoms with Crippen molar-refractivity contribution in [2.75, 3.05) is 13.1 Å². The van der Waals surface area contributed by atoms with Crippen LogP contribution in [0.15, 0.2) is 0 Å². The Hall–Kier alpha value is -0.570. The average molecular weight is 240 g/mol. The van der Waals surface area contributed by atoms with Crippen molar-refractivity contribution in [3.63, 3.8) is 0 Å². The maximum Gasteiger partial charge on any atom is 0.225 e. The normalized spacial score (nSPS) is 26.6. The van der Waals surface area contributed by atoms with E-state index in [2.05, 4.69) is 20.8 Å². The van der Waals surface area contributed by atoms with Crippen LogP contribution in [0.3, 0.4) is 0 Å². The van der Waals surface area contributed by atoms with Crippen molar-refractivity contribution in [2.45, 2.75) is 58.9 Å². The molecule has 1 amide bonds. The van der Waals surface area contributed by atoms with Gasteiger partial charge in [-0.05, 0) is 58.4 Å². The second kappa shape index (κ2) is 7.00. The Balaban J connectivity index is 2.52. The van der Waals surface area contributed by atoms with Crippen molar-refractivity contribution in [3.8, 4) is 0 Å². The molecule has 0 aliphatic heterocycles. The predicted octanol–water partition coefficient (Wildman–Crippen LogP) is 2.40. The van der Waals surface area contributed by atoms with Crippen LogP contribution in [0.1, 0.15) is 52.9 Å². The first-order valence-corrected chi connectivity index (χ1v) is 7.14. The van der Waals surface area contributed by atoms with Crippen LogP contribution in [-0.2, 0) is 4.79 Å². The number of carbonyl (C=O) groups excluding carboxylic acids is 1. The molecule has 3 heteroatoms. The summed E-state index contributed by atoms with van der Waals surface area (Å²) in [6.07, 6.45) is 5.37. The van der Waals surface area contributed by atoms with Crippen molar-refractivity contribution in [2.24, 2.45) is 17.6 Å². The maximum atomic E-state index is 12.4. The highest BCUT2D eigenvalue weighted by Gasteiger charge is 2.29. The van der Waals surface area contributed by atoms with Crippen molar-refractivity contribution in [1.29, 1.82) is 0 Å². The molecule has 1 rings (SSSR count). The molecule has 1 fully saturated rings. The third kappa shape index (κ3) is 3.70. The van der Waals surface area contributed by atoms with Crippen LogP contribution in [-0.4, -0.2) is 29.9 Å². The largest absolute Gasteiger partial charge is 0.340 e. The maximum absolute atomic E-state index is 12.4. The van der Waals surface area contributed by atoms with Gasteiger partial charge in [0, 0.05) is 18.5 Å². The summed E-state index contributed by atoms with van der Waals surface area (Å²) < 4.78 is 0.